The second kappa shape index (κ2) is 5.82. The first-order valence-corrected chi connectivity index (χ1v) is 7.94. The number of rotatable bonds is 2. The van der Waals surface area contributed by atoms with Gasteiger partial charge >= 0.3 is 0 Å². The highest BCUT2D eigenvalue weighted by Gasteiger charge is 2.36. The number of methoxy groups -OCH3 is 1. The zero-order chi connectivity index (χ0) is 14.0. The zero-order valence-corrected chi connectivity index (χ0v) is 12.9. The summed E-state index contributed by atoms with van der Waals surface area (Å²) in [6.45, 7) is 3.11. The Bertz CT molecular complexity index is 466. The fourth-order valence-electron chi connectivity index (χ4n) is 3.64. The van der Waals surface area contributed by atoms with Crippen LogP contribution < -0.4 is 15.0 Å². The Morgan fingerprint density at radius 2 is 2.05 bits per heavy atom. The van der Waals surface area contributed by atoms with E-state index in [1.165, 1.54) is 32.1 Å². The Hall–Kier alpha value is -0.930. The van der Waals surface area contributed by atoms with Crippen molar-refractivity contribution in [1.29, 1.82) is 0 Å². The average Bonchev–Trinajstić information content (AvgIpc) is 2.48. The van der Waals surface area contributed by atoms with Crippen LogP contribution in [0.2, 0.25) is 5.02 Å². The molecule has 1 aliphatic heterocycles. The largest absolute Gasteiger partial charge is 0.495 e. The minimum atomic E-state index is 0.295. The van der Waals surface area contributed by atoms with E-state index in [1.807, 2.05) is 18.2 Å². The molecule has 0 amide bonds. The summed E-state index contributed by atoms with van der Waals surface area (Å²) < 4.78 is 5.51. The van der Waals surface area contributed by atoms with Crippen molar-refractivity contribution in [2.75, 3.05) is 31.6 Å². The maximum atomic E-state index is 6.17. The minimum absolute atomic E-state index is 0.295. The molecule has 2 aliphatic rings. The summed E-state index contributed by atoms with van der Waals surface area (Å²) in [4.78, 5) is 2.44. The van der Waals surface area contributed by atoms with E-state index in [0.717, 1.165) is 36.1 Å². The van der Waals surface area contributed by atoms with Gasteiger partial charge in [0, 0.05) is 30.2 Å². The van der Waals surface area contributed by atoms with E-state index in [4.69, 9.17) is 16.3 Å². The maximum Gasteiger partial charge on any atom is 0.142 e. The first-order chi connectivity index (χ1) is 9.72. The molecule has 1 N–H and O–H groups in total. The third-order valence-corrected chi connectivity index (χ3v) is 4.90. The molecule has 1 heterocycles. The molecule has 1 aromatic rings. The molecular weight excluding hydrogens is 272 g/mol. The molecule has 3 nitrogen and oxygen atoms in total. The summed E-state index contributed by atoms with van der Waals surface area (Å²) in [6.07, 6.45) is 6.63. The molecule has 0 unspecified atom stereocenters. The number of ether oxygens (including phenoxy) is 1. The third kappa shape index (κ3) is 2.75. The second-order valence-electron chi connectivity index (χ2n) is 6.01. The lowest BCUT2D eigenvalue weighted by Gasteiger charge is -2.47. The Morgan fingerprint density at radius 3 is 2.80 bits per heavy atom. The van der Waals surface area contributed by atoms with Crippen LogP contribution in [0.1, 0.15) is 32.1 Å². The van der Waals surface area contributed by atoms with Crippen molar-refractivity contribution in [3.8, 4) is 5.75 Å². The molecule has 0 bridgehead atoms. The fourth-order valence-corrected chi connectivity index (χ4v) is 3.80. The van der Waals surface area contributed by atoms with Crippen LogP contribution >= 0.6 is 11.6 Å². The van der Waals surface area contributed by atoms with Crippen LogP contribution in [-0.4, -0.2) is 32.3 Å². The van der Waals surface area contributed by atoms with Gasteiger partial charge < -0.3 is 15.0 Å². The van der Waals surface area contributed by atoms with E-state index in [9.17, 15) is 0 Å². The van der Waals surface area contributed by atoms with E-state index in [0.29, 0.717) is 5.54 Å². The van der Waals surface area contributed by atoms with Gasteiger partial charge in [0.15, 0.2) is 0 Å². The highest BCUT2D eigenvalue weighted by Crippen LogP contribution is 2.36. The molecule has 3 rings (SSSR count). The SMILES string of the molecule is COc1ccc(Cl)cc1N1CCNC2(CCCCC2)C1. The van der Waals surface area contributed by atoms with Crippen LogP contribution in [0.3, 0.4) is 0 Å². The van der Waals surface area contributed by atoms with Gasteiger partial charge in [-0.2, -0.15) is 0 Å². The maximum absolute atomic E-state index is 6.17. The molecular formula is C16H23ClN2O. The summed E-state index contributed by atoms with van der Waals surface area (Å²) in [5, 5.41) is 4.55. The van der Waals surface area contributed by atoms with E-state index >= 15 is 0 Å². The molecule has 1 saturated carbocycles. The monoisotopic (exact) mass is 294 g/mol. The summed E-state index contributed by atoms with van der Waals surface area (Å²) >= 11 is 6.17. The van der Waals surface area contributed by atoms with Gasteiger partial charge in [0.25, 0.3) is 0 Å². The topological polar surface area (TPSA) is 24.5 Å². The molecule has 0 atom stereocenters. The molecule has 1 aromatic carbocycles. The van der Waals surface area contributed by atoms with Crippen molar-refractivity contribution in [3.05, 3.63) is 23.2 Å². The summed E-state index contributed by atoms with van der Waals surface area (Å²) in [5.41, 5.74) is 1.43. The number of halogens is 1. The number of hydrogen-bond acceptors (Lipinski definition) is 3. The van der Waals surface area contributed by atoms with Crippen molar-refractivity contribution in [2.24, 2.45) is 0 Å². The zero-order valence-electron chi connectivity index (χ0n) is 12.1. The van der Waals surface area contributed by atoms with E-state index in [2.05, 4.69) is 10.2 Å². The van der Waals surface area contributed by atoms with Gasteiger partial charge in [0.05, 0.1) is 12.8 Å². The quantitative estimate of drug-likeness (QED) is 0.904. The van der Waals surface area contributed by atoms with Crippen LogP contribution in [0.5, 0.6) is 5.75 Å². The molecule has 110 valence electrons. The highest BCUT2D eigenvalue weighted by atomic mass is 35.5. The lowest BCUT2D eigenvalue weighted by atomic mass is 9.80. The van der Waals surface area contributed by atoms with Crippen LogP contribution in [0, 0.1) is 0 Å². The third-order valence-electron chi connectivity index (χ3n) is 4.67. The molecule has 20 heavy (non-hydrogen) atoms. The van der Waals surface area contributed by atoms with Crippen molar-refractivity contribution >= 4 is 17.3 Å². The molecule has 0 radical (unpaired) electrons. The number of hydrogen-bond donors (Lipinski definition) is 1. The second-order valence-corrected chi connectivity index (χ2v) is 6.44. The van der Waals surface area contributed by atoms with Crippen molar-refractivity contribution in [3.63, 3.8) is 0 Å². The molecule has 4 heteroatoms. The molecule has 0 aromatic heterocycles. The Kier molecular flexibility index (Phi) is 4.08. The predicted molar refractivity (Wildman–Crippen MR) is 84.0 cm³/mol. The molecule has 1 saturated heterocycles. The molecule has 1 aliphatic carbocycles. The number of benzene rings is 1. The van der Waals surface area contributed by atoms with Crippen LogP contribution in [0.4, 0.5) is 5.69 Å². The summed E-state index contributed by atoms with van der Waals surface area (Å²) in [6, 6.07) is 5.89. The Labute approximate surface area is 126 Å². The lowest BCUT2D eigenvalue weighted by Crippen LogP contribution is -2.61. The van der Waals surface area contributed by atoms with Gasteiger partial charge in [-0.1, -0.05) is 30.9 Å². The Morgan fingerprint density at radius 1 is 1.25 bits per heavy atom. The van der Waals surface area contributed by atoms with Gasteiger partial charge in [-0.25, -0.2) is 0 Å². The highest BCUT2D eigenvalue weighted by molar-refractivity contribution is 6.30. The fraction of sp³-hybridized carbons (Fsp3) is 0.625. The average molecular weight is 295 g/mol. The Balaban J connectivity index is 1.84. The van der Waals surface area contributed by atoms with E-state index < -0.39 is 0 Å². The minimum Gasteiger partial charge on any atom is -0.495 e. The lowest BCUT2D eigenvalue weighted by molar-refractivity contribution is 0.216. The number of nitrogens with one attached hydrogen (secondary N) is 1. The first-order valence-electron chi connectivity index (χ1n) is 7.56. The summed E-state index contributed by atoms with van der Waals surface area (Å²) in [7, 11) is 1.73. The van der Waals surface area contributed by atoms with Crippen LogP contribution in [0.15, 0.2) is 18.2 Å². The van der Waals surface area contributed by atoms with Crippen molar-refractivity contribution in [1.82, 2.24) is 5.32 Å². The van der Waals surface area contributed by atoms with Crippen LogP contribution in [-0.2, 0) is 0 Å². The molecule has 1 spiro atoms. The first kappa shape index (κ1) is 14.0. The number of piperazine rings is 1. The number of nitrogens with zero attached hydrogens (tertiary/aromatic N) is 1. The van der Waals surface area contributed by atoms with E-state index in [1.54, 1.807) is 7.11 Å². The van der Waals surface area contributed by atoms with Gasteiger partial charge in [0.2, 0.25) is 0 Å². The van der Waals surface area contributed by atoms with Gasteiger partial charge in [-0.05, 0) is 31.0 Å². The van der Waals surface area contributed by atoms with Gasteiger partial charge in [-0.15, -0.1) is 0 Å². The van der Waals surface area contributed by atoms with Crippen molar-refractivity contribution in [2.45, 2.75) is 37.6 Å². The van der Waals surface area contributed by atoms with Crippen LogP contribution in [0.25, 0.3) is 0 Å². The van der Waals surface area contributed by atoms with Gasteiger partial charge in [-0.3, -0.25) is 0 Å². The van der Waals surface area contributed by atoms with Crippen molar-refractivity contribution < 1.29 is 4.74 Å². The van der Waals surface area contributed by atoms with E-state index in [-0.39, 0.29) is 0 Å². The summed E-state index contributed by atoms with van der Waals surface area (Å²) in [5.74, 6) is 0.919. The smallest absolute Gasteiger partial charge is 0.142 e. The predicted octanol–water partition coefficient (Wildman–Crippen LogP) is 3.46. The van der Waals surface area contributed by atoms with Gasteiger partial charge in [0.1, 0.15) is 5.75 Å². The molecule has 2 fully saturated rings. The standard InChI is InChI=1S/C16H23ClN2O/c1-20-15-6-5-13(17)11-14(15)19-10-9-18-16(12-19)7-3-2-4-8-16/h5-6,11,18H,2-4,7-10,12H2,1H3. The number of anilines is 1. The normalized spacial score (nSPS) is 22.0.